The van der Waals surface area contributed by atoms with E-state index in [0.29, 0.717) is 6.42 Å². The molecular formula is C17H18N4O7S2. The summed E-state index contributed by atoms with van der Waals surface area (Å²) in [5.74, 6) is -0.123. The van der Waals surface area contributed by atoms with E-state index >= 15 is 0 Å². The Kier molecular flexibility index (Phi) is 5.64. The minimum atomic E-state index is -4.52. The van der Waals surface area contributed by atoms with Crippen LogP contribution in [-0.2, 0) is 20.2 Å². The van der Waals surface area contributed by atoms with Crippen molar-refractivity contribution in [3.05, 3.63) is 63.1 Å². The fraction of sp³-hybridized carbons (Fsp3) is 0.235. The fourth-order valence-corrected chi connectivity index (χ4v) is 4.16. The summed E-state index contributed by atoms with van der Waals surface area (Å²) in [5, 5.41) is 10.4. The number of H-pyrrole nitrogens is 1. The summed E-state index contributed by atoms with van der Waals surface area (Å²) in [6, 6.07) is 5.05. The number of nitrogens with zero attached hydrogens (tertiary/aromatic N) is 3. The number of hydrogen-bond donors (Lipinski definition) is 3. The van der Waals surface area contributed by atoms with Crippen molar-refractivity contribution in [3.8, 4) is 5.69 Å². The third-order valence-corrected chi connectivity index (χ3v) is 6.07. The van der Waals surface area contributed by atoms with Gasteiger partial charge in [0.25, 0.3) is 25.8 Å². The van der Waals surface area contributed by atoms with Gasteiger partial charge in [0.2, 0.25) is 0 Å². The number of aromatic amines is 1. The SMILES string of the molecule is Cc1[nH]n(-c2cccc(S(=O)(=O)O)c2)c(=O)c1N=NC1=CCC(C)C=C1S(=O)(=O)O. The maximum absolute atomic E-state index is 12.7. The number of benzene rings is 1. The maximum atomic E-state index is 12.7. The van der Waals surface area contributed by atoms with Crippen LogP contribution in [0.4, 0.5) is 5.69 Å². The Morgan fingerprint density at radius 3 is 2.47 bits per heavy atom. The molecule has 0 radical (unpaired) electrons. The van der Waals surface area contributed by atoms with Gasteiger partial charge in [0.15, 0.2) is 5.69 Å². The van der Waals surface area contributed by atoms with E-state index in [-0.39, 0.29) is 33.6 Å². The maximum Gasteiger partial charge on any atom is 0.299 e. The Labute approximate surface area is 171 Å². The third kappa shape index (κ3) is 4.48. The van der Waals surface area contributed by atoms with E-state index in [1.165, 1.54) is 37.3 Å². The molecule has 1 unspecified atom stereocenters. The summed E-state index contributed by atoms with van der Waals surface area (Å²) in [6.07, 6.45) is 3.33. The number of rotatable bonds is 5. The van der Waals surface area contributed by atoms with E-state index < -0.39 is 30.7 Å². The van der Waals surface area contributed by atoms with Crippen molar-refractivity contribution < 1.29 is 25.9 Å². The van der Waals surface area contributed by atoms with Gasteiger partial charge in [0.1, 0.15) is 10.6 Å². The van der Waals surface area contributed by atoms with E-state index in [1.54, 1.807) is 6.92 Å². The third-order valence-electron chi connectivity index (χ3n) is 4.32. The average Bonchev–Trinajstić information content (AvgIpc) is 2.93. The van der Waals surface area contributed by atoms with Crippen LogP contribution in [0.5, 0.6) is 0 Å². The van der Waals surface area contributed by atoms with Crippen LogP contribution in [0.3, 0.4) is 0 Å². The second kappa shape index (κ2) is 7.75. The Morgan fingerprint density at radius 1 is 1.13 bits per heavy atom. The topological polar surface area (TPSA) is 171 Å². The molecule has 0 amide bonds. The second-order valence-corrected chi connectivity index (χ2v) is 9.52. The molecule has 30 heavy (non-hydrogen) atoms. The fourth-order valence-electron chi connectivity index (χ4n) is 2.84. The molecule has 0 saturated carbocycles. The molecule has 11 nitrogen and oxygen atoms in total. The smallest absolute Gasteiger partial charge is 0.293 e. The lowest BCUT2D eigenvalue weighted by Crippen LogP contribution is -2.14. The van der Waals surface area contributed by atoms with Crippen molar-refractivity contribution in [2.75, 3.05) is 0 Å². The molecule has 13 heteroatoms. The van der Waals surface area contributed by atoms with Gasteiger partial charge in [-0.25, -0.2) is 4.68 Å². The zero-order valence-corrected chi connectivity index (χ0v) is 17.5. The predicted octanol–water partition coefficient (Wildman–Crippen LogP) is 2.50. The summed E-state index contributed by atoms with van der Waals surface area (Å²) < 4.78 is 65.4. The molecule has 1 atom stereocenters. The Morgan fingerprint density at radius 2 is 1.83 bits per heavy atom. The number of hydrogen-bond acceptors (Lipinski definition) is 7. The molecule has 1 aliphatic carbocycles. The van der Waals surface area contributed by atoms with E-state index in [2.05, 4.69) is 15.3 Å². The lowest BCUT2D eigenvalue weighted by atomic mass is 10.0. The highest BCUT2D eigenvalue weighted by molar-refractivity contribution is 7.90. The van der Waals surface area contributed by atoms with Gasteiger partial charge in [-0.1, -0.05) is 25.1 Å². The largest absolute Gasteiger partial charge is 0.299 e. The van der Waals surface area contributed by atoms with Crippen LogP contribution in [0.15, 0.2) is 66.9 Å². The zero-order valence-electron chi connectivity index (χ0n) is 15.8. The first-order valence-electron chi connectivity index (χ1n) is 8.59. The molecule has 1 heterocycles. The van der Waals surface area contributed by atoms with Crippen molar-refractivity contribution >= 4 is 25.9 Å². The average molecular weight is 454 g/mol. The van der Waals surface area contributed by atoms with E-state index in [9.17, 15) is 30.7 Å². The Balaban J connectivity index is 2.02. The molecule has 1 aromatic carbocycles. The van der Waals surface area contributed by atoms with Crippen LogP contribution >= 0.6 is 0 Å². The van der Waals surface area contributed by atoms with E-state index in [0.717, 1.165) is 10.7 Å². The summed E-state index contributed by atoms with van der Waals surface area (Å²) in [5.41, 5.74) is -0.491. The standard InChI is InChI=1S/C17H18N4O7S2/c1-10-6-7-14(15(8-10)30(26,27)28)18-19-16-11(2)20-21(17(16)22)12-4-3-5-13(9-12)29(23,24)25/h3-5,7-10,20H,6H2,1-2H3,(H,23,24,25)(H,26,27,28). The lowest BCUT2D eigenvalue weighted by Gasteiger charge is -2.13. The van der Waals surface area contributed by atoms with Gasteiger partial charge in [-0.2, -0.15) is 16.8 Å². The number of allylic oxidation sites excluding steroid dienone is 2. The highest BCUT2D eigenvalue weighted by atomic mass is 32.2. The summed E-state index contributed by atoms with van der Waals surface area (Å²) >= 11 is 0. The second-order valence-electron chi connectivity index (χ2n) is 6.71. The Bertz CT molecular complexity index is 1360. The van der Waals surface area contributed by atoms with Crippen molar-refractivity contribution in [1.82, 2.24) is 9.78 Å². The minimum absolute atomic E-state index is 0.0875. The number of azo groups is 1. The molecule has 1 aromatic heterocycles. The van der Waals surface area contributed by atoms with Crippen LogP contribution in [0.25, 0.3) is 5.69 Å². The minimum Gasteiger partial charge on any atom is -0.293 e. The van der Waals surface area contributed by atoms with Crippen LogP contribution < -0.4 is 5.56 Å². The molecule has 0 saturated heterocycles. The molecule has 0 bridgehead atoms. The van der Waals surface area contributed by atoms with Crippen LogP contribution in [0.2, 0.25) is 0 Å². The van der Waals surface area contributed by atoms with Gasteiger partial charge in [-0.15, -0.1) is 10.2 Å². The van der Waals surface area contributed by atoms with Gasteiger partial charge >= 0.3 is 0 Å². The van der Waals surface area contributed by atoms with Crippen molar-refractivity contribution in [1.29, 1.82) is 0 Å². The van der Waals surface area contributed by atoms with Crippen LogP contribution in [0, 0.1) is 12.8 Å². The number of aromatic nitrogens is 2. The first-order chi connectivity index (χ1) is 13.9. The molecule has 0 aliphatic heterocycles. The van der Waals surface area contributed by atoms with Gasteiger partial charge in [0, 0.05) is 0 Å². The van der Waals surface area contributed by atoms with Crippen molar-refractivity contribution in [2.45, 2.75) is 25.2 Å². The number of nitrogens with one attached hydrogen (secondary N) is 1. The molecule has 3 N–H and O–H groups in total. The summed E-state index contributed by atoms with van der Waals surface area (Å²) in [4.78, 5) is 11.9. The van der Waals surface area contributed by atoms with Gasteiger partial charge < -0.3 is 0 Å². The normalized spacial score (nSPS) is 17.8. The van der Waals surface area contributed by atoms with Gasteiger partial charge in [-0.3, -0.25) is 19.0 Å². The van der Waals surface area contributed by atoms with Gasteiger partial charge in [0.05, 0.1) is 16.3 Å². The first kappa shape index (κ1) is 21.8. The van der Waals surface area contributed by atoms with E-state index in [1.807, 2.05) is 0 Å². The Hall–Kier alpha value is -2.87. The van der Waals surface area contributed by atoms with Gasteiger partial charge in [-0.05, 0) is 37.5 Å². The van der Waals surface area contributed by atoms with Crippen molar-refractivity contribution in [2.24, 2.45) is 16.1 Å². The highest BCUT2D eigenvalue weighted by Gasteiger charge is 2.24. The number of aryl methyl sites for hydroxylation is 1. The molecule has 0 spiro atoms. The quantitative estimate of drug-likeness (QED) is 0.460. The first-order valence-corrected chi connectivity index (χ1v) is 11.5. The van der Waals surface area contributed by atoms with Crippen molar-refractivity contribution in [3.63, 3.8) is 0 Å². The molecule has 3 rings (SSSR count). The van der Waals surface area contributed by atoms with Crippen LogP contribution in [-0.4, -0.2) is 35.7 Å². The summed E-state index contributed by atoms with van der Waals surface area (Å²) in [7, 11) is -8.99. The molecule has 0 fully saturated rings. The van der Waals surface area contributed by atoms with E-state index in [4.69, 9.17) is 0 Å². The predicted molar refractivity (Wildman–Crippen MR) is 107 cm³/mol. The highest BCUT2D eigenvalue weighted by Crippen LogP contribution is 2.28. The van der Waals surface area contributed by atoms with Crippen LogP contribution in [0.1, 0.15) is 19.0 Å². The zero-order chi connectivity index (χ0) is 22.3. The molecule has 160 valence electrons. The molecule has 1 aliphatic rings. The molecular weight excluding hydrogens is 436 g/mol. The monoisotopic (exact) mass is 454 g/mol. The molecule has 2 aromatic rings. The summed E-state index contributed by atoms with van der Waals surface area (Å²) in [6.45, 7) is 3.29. The lowest BCUT2D eigenvalue weighted by molar-refractivity contribution is 0.482.